The van der Waals surface area contributed by atoms with Crippen LogP contribution in [0.15, 0.2) is 78.9 Å². The van der Waals surface area contributed by atoms with Gasteiger partial charge in [-0.15, -0.1) is 0 Å². The lowest BCUT2D eigenvalue weighted by Crippen LogP contribution is -2.52. The SMILES string of the molecule is COC(=O)[C@H](CCCNC(=O)OCc1ccccc1)NC(=O)[C@H](CCC(=O)OC(C)(C)C)NC(=O)OCC1c2ccccc2-c2ccccc21. The summed E-state index contributed by atoms with van der Waals surface area (Å²) in [5.41, 5.74) is 4.29. The molecule has 0 aromatic heterocycles. The first-order valence-corrected chi connectivity index (χ1v) is 16.6. The Bertz CT molecular complexity index is 1590. The minimum Gasteiger partial charge on any atom is -0.467 e. The highest BCUT2D eigenvalue weighted by Gasteiger charge is 2.31. The van der Waals surface area contributed by atoms with Crippen molar-refractivity contribution >= 4 is 30.0 Å². The third-order valence-electron chi connectivity index (χ3n) is 7.96. The van der Waals surface area contributed by atoms with E-state index in [9.17, 15) is 24.0 Å². The number of hydrogen-bond donors (Lipinski definition) is 3. The molecule has 3 aromatic rings. The molecule has 266 valence electrons. The molecule has 0 radical (unpaired) electrons. The fourth-order valence-corrected chi connectivity index (χ4v) is 5.64. The van der Waals surface area contributed by atoms with Gasteiger partial charge in [-0.2, -0.15) is 0 Å². The quantitative estimate of drug-likeness (QED) is 0.108. The average molecular weight is 688 g/mol. The van der Waals surface area contributed by atoms with Gasteiger partial charge in [0.25, 0.3) is 0 Å². The number of carbonyl (C=O) groups excluding carboxylic acids is 5. The summed E-state index contributed by atoms with van der Waals surface area (Å²) < 4.78 is 21.1. The summed E-state index contributed by atoms with van der Waals surface area (Å²) >= 11 is 0. The number of fused-ring (bicyclic) bond motifs is 3. The summed E-state index contributed by atoms with van der Waals surface area (Å²) in [7, 11) is 1.19. The Morgan fingerprint density at radius 2 is 1.36 bits per heavy atom. The Labute approximate surface area is 292 Å². The van der Waals surface area contributed by atoms with Gasteiger partial charge in [0.15, 0.2) is 0 Å². The Hall–Kier alpha value is -5.39. The number of methoxy groups -OCH3 is 1. The Morgan fingerprint density at radius 1 is 0.740 bits per heavy atom. The zero-order valence-electron chi connectivity index (χ0n) is 28.9. The van der Waals surface area contributed by atoms with Crippen LogP contribution in [0.2, 0.25) is 0 Å². The van der Waals surface area contributed by atoms with E-state index in [0.29, 0.717) is 6.42 Å². The van der Waals surface area contributed by atoms with Gasteiger partial charge in [-0.05, 0) is 67.9 Å². The summed E-state index contributed by atoms with van der Waals surface area (Å²) in [4.78, 5) is 63.9. The Kier molecular flexibility index (Phi) is 13.4. The standard InChI is InChI=1S/C38H45N3O9/c1-38(2,3)50-33(42)21-20-31(41-37(46)49-24-30-28-17-10-8-15-26(28)27-16-9-11-18-29(27)30)34(43)40-32(35(44)47-4)19-12-22-39-36(45)48-23-25-13-6-5-7-14-25/h5-11,13-18,30-32H,12,19-24H2,1-4H3,(H,39,45)(H,40,43)(H,41,46)/t31-,32-/m0/s1. The van der Waals surface area contributed by atoms with Gasteiger partial charge in [0.1, 0.15) is 30.9 Å². The maximum absolute atomic E-state index is 13.5. The molecule has 0 saturated heterocycles. The van der Waals surface area contributed by atoms with E-state index in [2.05, 4.69) is 16.0 Å². The number of benzene rings is 3. The van der Waals surface area contributed by atoms with Crippen molar-refractivity contribution in [2.75, 3.05) is 20.3 Å². The van der Waals surface area contributed by atoms with E-state index in [1.54, 1.807) is 20.8 Å². The van der Waals surface area contributed by atoms with Crippen LogP contribution in [-0.2, 0) is 39.9 Å². The number of carbonyl (C=O) groups is 5. The number of nitrogens with one attached hydrogen (secondary N) is 3. The molecule has 0 spiro atoms. The highest BCUT2D eigenvalue weighted by molar-refractivity contribution is 5.90. The van der Waals surface area contributed by atoms with Crippen LogP contribution in [0.25, 0.3) is 11.1 Å². The molecule has 0 aliphatic heterocycles. The Morgan fingerprint density at radius 3 is 1.98 bits per heavy atom. The normalized spacial score (nSPS) is 13.1. The molecule has 1 aliphatic carbocycles. The van der Waals surface area contributed by atoms with Gasteiger partial charge in [-0.1, -0.05) is 78.9 Å². The highest BCUT2D eigenvalue weighted by atomic mass is 16.6. The van der Waals surface area contributed by atoms with Gasteiger partial charge >= 0.3 is 24.1 Å². The topological polar surface area (TPSA) is 158 Å². The molecule has 0 fully saturated rings. The molecule has 0 heterocycles. The lowest BCUT2D eigenvalue weighted by Gasteiger charge is -2.23. The van der Waals surface area contributed by atoms with E-state index in [1.165, 1.54) is 7.11 Å². The second-order valence-corrected chi connectivity index (χ2v) is 12.9. The minimum absolute atomic E-state index is 0.0197. The van der Waals surface area contributed by atoms with Gasteiger partial charge in [0.05, 0.1) is 7.11 Å². The number of amides is 3. The predicted molar refractivity (Wildman–Crippen MR) is 185 cm³/mol. The fraction of sp³-hybridized carbons (Fsp3) is 0.395. The number of alkyl carbamates (subject to hydrolysis) is 2. The van der Waals surface area contributed by atoms with E-state index in [-0.39, 0.29) is 44.9 Å². The molecule has 12 heteroatoms. The van der Waals surface area contributed by atoms with E-state index in [4.69, 9.17) is 18.9 Å². The zero-order valence-corrected chi connectivity index (χ0v) is 28.9. The number of rotatable bonds is 15. The number of esters is 2. The molecule has 3 amide bonds. The molecule has 3 N–H and O–H groups in total. The fourth-order valence-electron chi connectivity index (χ4n) is 5.64. The maximum atomic E-state index is 13.5. The molecule has 0 unspecified atom stereocenters. The predicted octanol–water partition coefficient (Wildman–Crippen LogP) is 5.38. The van der Waals surface area contributed by atoms with Crippen LogP contribution in [0.5, 0.6) is 0 Å². The lowest BCUT2D eigenvalue weighted by atomic mass is 9.98. The Balaban J connectivity index is 1.35. The summed E-state index contributed by atoms with van der Waals surface area (Å²) in [6, 6.07) is 22.7. The molecule has 0 saturated carbocycles. The van der Waals surface area contributed by atoms with Gasteiger partial charge < -0.3 is 34.9 Å². The molecule has 1 aliphatic rings. The van der Waals surface area contributed by atoms with E-state index in [0.717, 1.165) is 27.8 Å². The van der Waals surface area contributed by atoms with Crippen LogP contribution in [-0.4, -0.2) is 68.0 Å². The van der Waals surface area contributed by atoms with Crippen LogP contribution in [0.1, 0.15) is 69.1 Å². The third-order valence-corrected chi connectivity index (χ3v) is 7.96. The van der Waals surface area contributed by atoms with Crippen molar-refractivity contribution in [3.8, 4) is 11.1 Å². The van der Waals surface area contributed by atoms with E-state index < -0.39 is 47.7 Å². The van der Waals surface area contributed by atoms with Crippen molar-refractivity contribution in [2.24, 2.45) is 0 Å². The molecule has 12 nitrogen and oxygen atoms in total. The summed E-state index contributed by atoms with van der Waals surface area (Å²) in [6.45, 7) is 5.46. The molecule has 2 atom stereocenters. The van der Waals surface area contributed by atoms with Crippen LogP contribution in [0, 0.1) is 0 Å². The lowest BCUT2D eigenvalue weighted by molar-refractivity contribution is -0.155. The summed E-state index contributed by atoms with van der Waals surface area (Å²) in [5, 5.41) is 7.81. The molecule has 50 heavy (non-hydrogen) atoms. The van der Waals surface area contributed by atoms with Crippen LogP contribution < -0.4 is 16.0 Å². The number of hydrogen-bond acceptors (Lipinski definition) is 9. The second-order valence-electron chi connectivity index (χ2n) is 12.9. The molecular formula is C38H45N3O9. The zero-order chi connectivity index (χ0) is 36.1. The van der Waals surface area contributed by atoms with Gasteiger partial charge in [-0.3, -0.25) is 9.59 Å². The van der Waals surface area contributed by atoms with Crippen LogP contribution >= 0.6 is 0 Å². The minimum atomic E-state index is -1.24. The van der Waals surface area contributed by atoms with E-state index >= 15 is 0 Å². The van der Waals surface area contributed by atoms with Crippen molar-refractivity contribution in [1.82, 2.24) is 16.0 Å². The van der Waals surface area contributed by atoms with Crippen molar-refractivity contribution in [3.05, 3.63) is 95.6 Å². The molecule has 4 rings (SSSR count). The van der Waals surface area contributed by atoms with Gasteiger partial charge in [0, 0.05) is 18.9 Å². The maximum Gasteiger partial charge on any atom is 0.407 e. The van der Waals surface area contributed by atoms with Crippen molar-refractivity contribution in [2.45, 2.75) is 76.7 Å². The molecule has 0 bridgehead atoms. The first-order valence-electron chi connectivity index (χ1n) is 16.6. The van der Waals surface area contributed by atoms with Crippen LogP contribution in [0.4, 0.5) is 9.59 Å². The highest BCUT2D eigenvalue weighted by Crippen LogP contribution is 2.44. The van der Waals surface area contributed by atoms with Crippen molar-refractivity contribution in [1.29, 1.82) is 0 Å². The monoisotopic (exact) mass is 687 g/mol. The largest absolute Gasteiger partial charge is 0.467 e. The van der Waals surface area contributed by atoms with Gasteiger partial charge in [-0.25, -0.2) is 14.4 Å². The van der Waals surface area contributed by atoms with Crippen LogP contribution in [0.3, 0.4) is 0 Å². The molecule has 3 aromatic carbocycles. The first kappa shape index (κ1) is 37.4. The van der Waals surface area contributed by atoms with Crippen molar-refractivity contribution < 1.29 is 42.9 Å². The smallest absolute Gasteiger partial charge is 0.407 e. The summed E-state index contributed by atoms with van der Waals surface area (Å²) in [5.74, 6) is -2.18. The van der Waals surface area contributed by atoms with E-state index in [1.807, 2.05) is 78.9 Å². The first-order chi connectivity index (χ1) is 23.9. The average Bonchev–Trinajstić information content (AvgIpc) is 3.42. The molecular weight excluding hydrogens is 642 g/mol. The van der Waals surface area contributed by atoms with Crippen molar-refractivity contribution in [3.63, 3.8) is 0 Å². The third kappa shape index (κ3) is 11.1. The second kappa shape index (κ2) is 17.8. The number of ether oxygens (including phenoxy) is 4. The van der Waals surface area contributed by atoms with Gasteiger partial charge in [0.2, 0.25) is 5.91 Å². The summed E-state index contributed by atoms with van der Waals surface area (Å²) in [6.07, 6.45) is -1.37.